The molecule has 1 heterocycles. The van der Waals surface area contributed by atoms with Gasteiger partial charge in [0, 0.05) is 55.3 Å². The van der Waals surface area contributed by atoms with E-state index in [1.54, 1.807) is 13.8 Å². The Labute approximate surface area is 382 Å². The average molecular weight is 942 g/mol. The van der Waals surface area contributed by atoms with Crippen LogP contribution in [0.5, 0.6) is 17.2 Å². The number of nitrogens with one attached hydrogen (secondary N) is 5. The van der Waals surface area contributed by atoms with Crippen LogP contribution in [0.25, 0.3) is 0 Å². The minimum Gasteiger partial charge on any atom is -0.507 e. The van der Waals surface area contributed by atoms with Crippen LogP contribution in [-0.2, 0) is 49.5 Å². The van der Waals surface area contributed by atoms with Gasteiger partial charge < -0.3 is 71.8 Å². The third-order valence-corrected chi connectivity index (χ3v) is 11.7. The lowest BCUT2D eigenvalue weighted by atomic mass is 9.72. The minimum atomic E-state index is -2.45. The lowest BCUT2D eigenvalue weighted by Crippen LogP contribution is -2.60. The zero-order valence-electron chi connectivity index (χ0n) is 37.0. The zero-order valence-corrected chi connectivity index (χ0v) is 37.0. The highest BCUT2D eigenvalue weighted by molar-refractivity contribution is 6.31. The first-order valence-corrected chi connectivity index (χ1v) is 21.5. The van der Waals surface area contributed by atoms with Crippen molar-refractivity contribution in [3.63, 3.8) is 0 Å². The molecule has 1 saturated heterocycles. The van der Waals surface area contributed by atoms with Crippen LogP contribution >= 0.6 is 0 Å². The zero-order chi connectivity index (χ0) is 49.7. The molecule has 5 amide bonds. The molecule has 23 heteroatoms. The number of hydrogen-bond acceptors (Lipinski definition) is 17. The average Bonchev–Trinajstić information content (AvgIpc) is 3.25. The van der Waals surface area contributed by atoms with Crippen LogP contribution in [0, 0.1) is 5.92 Å². The van der Waals surface area contributed by atoms with Gasteiger partial charge in [0.25, 0.3) is 0 Å². The van der Waals surface area contributed by atoms with Gasteiger partial charge in [0.2, 0.25) is 35.3 Å². The molecule has 2 aromatic carbocycles. The molecule has 2 aromatic rings. The van der Waals surface area contributed by atoms with Crippen molar-refractivity contribution in [1.82, 2.24) is 26.6 Å². The first-order chi connectivity index (χ1) is 31.5. The number of ether oxygens (including phenoxy) is 2. The molecule has 0 bridgehead atoms. The Bertz CT molecular complexity index is 2330. The van der Waals surface area contributed by atoms with Crippen LogP contribution in [0.2, 0.25) is 0 Å². The number of Topliss-reactive ketones (excluding diaryl/α,β-unsaturated/α-hetero) is 1. The largest absolute Gasteiger partial charge is 0.507 e. The number of aliphatic hydroxyl groups excluding tert-OH is 2. The van der Waals surface area contributed by atoms with E-state index in [0.29, 0.717) is 0 Å². The molecule has 0 spiro atoms. The summed E-state index contributed by atoms with van der Waals surface area (Å²) >= 11 is 0. The third-order valence-electron chi connectivity index (χ3n) is 11.7. The van der Waals surface area contributed by atoms with Crippen molar-refractivity contribution in [3.8, 4) is 17.2 Å². The molecule has 8 atom stereocenters. The summed E-state index contributed by atoms with van der Waals surface area (Å²) in [4.78, 5) is 115. The highest BCUT2D eigenvalue weighted by Crippen LogP contribution is 2.52. The van der Waals surface area contributed by atoms with Crippen molar-refractivity contribution in [2.45, 2.75) is 121 Å². The number of aromatic hydroxyl groups is 3. The van der Waals surface area contributed by atoms with Gasteiger partial charge in [-0.3, -0.25) is 43.2 Å². The van der Waals surface area contributed by atoms with Crippen molar-refractivity contribution in [3.05, 3.63) is 51.6 Å². The summed E-state index contributed by atoms with van der Waals surface area (Å²) in [5.41, 5.74) is -5.15. The third kappa shape index (κ3) is 11.7. The quantitative estimate of drug-likeness (QED) is 0.0601. The van der Waals surface area contributed by atoms with Crippen molar-refractivity contribution in [2.24, 2.45) is 5.92 Å². The number of phenols is 3. The molecular formula is C44H55N5O18. The predicted molar refractivity (Wildman–Crippen MR) is 227 cm³/mol. The summed E-state index contributed by atoms with van der Waals surface area (Å²) in [7, 11) is 0. The summed E-state index contributed by atoms with van der Waals surface area (Å²) in [5, 5.41) is 87.5. The van der Waals surface area contributed by atoms with Crippen LogP contribution in [-0.4, -0.2) is 151 Å². The first kappa shape index (κ1) is 51.5. The topological polar surface area (TPSA) is 374 Å². The second-order valence-corrected chi connectivity index (χ2v) is 17.2. The van der Waals surface area contributed by atoms with Gasteiger partial charge in [-0.2, -0.15) is 0 Å². The Morgan fingerprint density at radius 3 is 2.19 bits per heavy atom. The summed E-state index contributed by atoms with van der Waals surface area (Å²) in [6.45, 7) is 4.53. The van der Waals surface area contributed by atoms with Crippen LogP contribution in [0.4, 0.5) is 0 Å². The molecule has 67 heavy (non-hydrogen) atoms. The van der Waals surface area contributed by atoms with Gasteiger partial charge in [0.15, 0.2) is 17.9 Å². The first-order valence-electron chi connectivity index (χ1n) is 21.5. The molecule has 5 rings (SSSR count). The van der Waals surface area contributed by atoms with Crippen molar-refractivity contribution in [2.75, 3.05) is 19.7 Å². The van der Waals surface area contributed by atoms with E-state index in [1.807, 2.05) is 0 Å². The van der Waals surface area contributed by atoms with E-state index in [-0.39, 0.29) is 61.3 Å². The summed E-state index contributed by atoms with van der Waals surface area (Å²) in [6, 6.07) is 0.0935. The number of carboxylic acid groups (broad SMARTS) is 1. The van der Waals surface area contributed by atoms with Crippen LogP contribution in [0.15, 0.2) is 18.2 Å². The molecule has 12 N–H and O–H groups in total. The number of phenolic OH excluding ortho intramolecular Hbond substituents is 3. The predicted octanol–water partition coefficient (Wildman–Crippen LogP) is -1.62. The Kier molecular flexibility index (Phi) is 16.4. The van der Waals surface area contributed by atoms with E-state index in [4.69, 9.17) is 14.6 Å². The van der Waals surface area contributed by atoms with Crippen molar-refractivity contribution >= 4 is 52.9 Å². The van der Waals surface area contributed by atoms with E-state index >= 15 is 0 Å². The molecule has 8 unspecified atom stereocenters. The Morgan fingerprint density at radius 2 is 1.54 bits per heavy atom. The van der Waals surface area contributed by atoms with Gasteiger partial charge in [-0.1, -0.05) is 26.0 Å². The van der Waals surface area contributed by atoms with Gasteiger partial charge in [-0.15, -0.1) is 0 Å². The Morgan fingerprint density at radius 1 is 0.866 bits per heavy atom. The maximum Gasteiger partial charge on any atom is 0.303 e. The SMILES string of the molecule is CC(C)CC(NC(=O)C(C)NC(=O)CNC(=O)CCNC(=O)CCC(=O)O)C(=O)NC1CC(OC2CC(O)(C(=O)CO)Cc3c(O)c4c(c(O)c32)C(=O)c2c(O)cccc2C4=O)OC(C)C1O. The number of carbonyl (C=O) groups is 9. The maximum atomic E-state index is 13.9. The van der Waals surface area contributed by atoms with Gasteiger partial charge >= 0.3 is 5.97 Å². The van der Waals surface area contributed by atoms with Crippen LogP contribution in [0.1, 0.15) is 115 Å². The van der Waals surface area contributed by atoms with E-state index in [1.165, 1.54) is 26.0 Å². The highest BCUT2D eigenvalue weighted by atomic mass is 16.7. The highest BCUT2D eigenvalue weighted by Gasteiger charge is 2.50. The minimum absolute atomic E-state index is 0.0861. The number of aliphatic carboxylic acids is 1. The van der Waals surface area contributed by atoms with E-state index in [0.717, 1.165) is 6.07 Å². The molecular weight excluding hydrogens is 887 g/mol. The fourth-order valence-corrected chi connectivity index (χ4v) is 8.23. The number of aliphatic hydroxyl groups is 3. The van der Waals surface area contributed by atoms with Crippen LogP contribution in [0.3, 0.4) is 0 Å². The molecule has 364 valence electrons. The maximum absolute atomic E-state index is 13.9. The fraction of sp³-hybridized carbons (Fsp3) is 0.523. The number of carboxylic acids is 1. The molecule has 0 saturated carbocycles. The fourth-order valence-electron chi connectivity index (χ4n) is 8.23. The monoisotopic (exact) mass is 941 g/mol. The standard InChI is InChI=1S/C44H55N5O18/c1-18(2)12-24(49-42(63)19(3)47-30(55)16-46-29(54)10-11-45-28(53)8-9-31(56)57)43(64)48-23-13-32(66-20(4)37(23)58)67-26-15-44(65,27(52)17-50)14-22-34(26)41(62)36-35(39(22)60)38(59)21-6-5-7-25(51)33(21)40(36)61/h5-7,18-20,23-24,26,32,37,50-51,58,60,62,65H,8-17H2,1-4H3,(H,45,53)(H,46,54)(H,47,55)(H,48,64)(H,49,63)(H,56,57). The number of rotatable bonds is 19. The molecule has 1 fully saturated rings. The Balaban J connectivity index is 1.28. The van der Waals surface area contributed by atoms with Crippen molar-refractivity contribution in [1.29, 1.82) is 0 Å². The lowest BCUT2D eigenvalue weighted by molar-refractivity contribution is -0.249. The number of amides is 5. The number of ketones is 3. The van der Waals surface area contributed by atoms with E-state index < -0.39 is 161 Å². The summed E-state index contributed by atoms with van der Waals surface area (Å²) in [5.74, 6) is -10.2. The second-order valence-electron chi connectivity index (χ2n) is 17.2. The molecule has 1 aliphatic heterocycles. The van der Waals surface area contributed by atoms with E-state index in [2.05, 4.69) is 26.6 Å². The molecule has 0 radical (unpaired) electrons. The molecule has 23 nitrogen and oxygen atoms in total. The van der Waals surface area contributed by atoms with E-state index in [9.17, 15) is 73.8 Å². The Hall–Kier alpha value is -6.53. The van der Waals surface area contributed by atoms with Crippen molar-refractivity contribution < 1.29 is 88.4 Å². The molecule has 2 aliphatic carbocycles. The second kappa shape index (κ2) is 21.4. The summed E-state index contributed by atoms with van der Waals surface area (Å²) < 4.78 is 12.1. The normalized spacial score (nSPS) is 22.8. The van der Waals surface area contributed by atoms with Gasteiger partial charge in [0.1, 0.15) is 47.6 Å². The number of fused-ring (bicyclic) bond motifs is 3. The summed E-state index contributed by atoms with van der Waals surface area (Å²) in [6.07, 6.45) is -7.99. The number of carbonyl (C=O) groups excluding carboxylic acids is 8. The van der Waals surface area contributed by atoms with Gasteiger partial charge in [0.05, 0.1) is 47.9 Å². The van der Waals surface area contributed by atoms with Crippen LogP contribution < -0.4 is 26.6 Å². The smallest absolute Gasteiger partial charge is 0.303 e. The lowest BCUT2D eigenvalue weighted by Gasteiger charge is -2.43. The van der Waals surface area contributed by atoms with Gasteiger partial charge in [-0.05, 0) is 32.3 Å². The number of benzene rings is 2. The molecule has 3 aliphatic rings. The molecule has 0 aromatic heterocycles. The van der Waals surface area contributed by atoms with Gasteiger partial charge in [-0.25, -0.2) is 0 Å². The number of hydrogen-bond donors (Lipinski definition) is 12.